The van der Waals surface area contributed by atoms with Crippen LogP contribution in [0.2, 0.25) is 0 Å². The Morgan fingerprint density at radius 2 is 2.00 bits per heavy atom. The minimum Gasteiger partial charge on any atom is -0.496 e. The first-order valence-electron chi connectivity index (χ1n) is 9.71. The largest absolute Gasteiger partial charge is 0.496 e. The highest BCUT2D eigenvalue weighted by molar-refractivity contribution is 5.68. The molecule has 1 aliphatic heterocycles. The molecule has 5 nitrogen and oxygen atoms in total. The van der Waals surface area contributed by atoms with E-state index in [1.165, 1.54) is 17.7 Å². The number of hydrogen-bond donors (Lipinski definition) is 1. The van der Waals surface area contributed by atoms with Crippen LogP contribution in [-0.2, 0) is 6.54 Å². The molecule has 0 atom stereocenters. The molecule has 0 unspecified atom stereocenters. The molecular weight excluding hydrogens is 336 g/mol. The molecule has 1 aliphatic rings. The van der Waals surface area contributed by atoms with E-state index in [2.05, 4.69) is 58.9 Å². The second-order valence-corrected chi connectivity index (χ2v) is 7.40. The van der Waals surface area contributed by atoms with Crippen LogP contribution in [0.25, 0.3) is 16.9 Å². The molecule has 0 bridgehead atoms. The summed E-state index contributed by atoms with van der Waals surface area (Å²) in [5.74, 6) is 0.915. The summed E-state index contributed by atoms with van der Waals surface area (Å²) in [4.78, 5) is 7.54. The normalized spacial score (nSPS) is 15.8. The molecule has 142 valence electrons. The Balaban J connectivity index is 1.79. The number of hydrogen-bond acceptors (Lipinski definition) is 4. The van der Waals surface area contributed by atoms with Gasteiger partial charge in [-0.1, -0.05) is 0 Å². The topological polar surface area (TPSA) is 41.8 Å². The predicted molar refractivity (Wildman–Crippen MR) is 109 cm³/mol. The molecule has 1 aromatic carbocycles. The zero-order valence-corrected chi connectivity index (χ0v) is 16.5. The van der Waals surface area contributed by atoms with E-state index in [0.29, 0.717) is 0 Å². The summed E-state index contributed by atoms with van der Waals surface area (Å²) < 4.78 is 7.69. The molecule has 1 fully saturated rings. The number of ether oxygens (including phenoxy) is 1. The van der Waals surface area contributed by atoms with Gasteiger partial charge in [0.05, 0.1) is 18.5 Å². The number of fused-ring (bicyclic) bond motifs is 1. The third-order valence-electron chi connectivity index (χ3n) is 5.35. The van der Waals surface area contributed by atoms with Crippen molar-refractivity contribution in [2.45, 2.75) is 26.8 Å². The number of pyridine rings is 1. The Morgan fingerprint density at radius 1 is 1.11 bits per heavy atom. The SMILES string of the molecule is COc1ccc(-c2nc3cc(C)ccn3c2CN2CCCNCC2)cc1C. The zero-order chi connectivity index (χ0) is 18.8. The Labute approximate surface area is 161 Å². The molecule has 27 heavy (non-hydrogen) atoms. The van der Waals surface area contributed by atoms with Gasteiger partial charge in [0.15, 0.2) is 0 Å². The lowest BCUT2D eigenvalue weighted by atomic mass is 10.1. The van der Waals surface area contributed by atoms with Gasteiger partial charge in [0, 0.05) is 31.4 Å². The summed E-state index contributed by atoms with van der Waals surface area (Å²) in [5.41, 5.74) is 6.86. The Morgan fingerprint density at radius 3 is 2.81 bits per heavy atom. The number of methoxy groups -OCH3 is 1. The van der Waals surface area contributed by atoms with Gasteiger partial charge in [0.25, 0.3) is 0 Å². The highest BCUT2D eigenvalue weighted by atomic mass is 16.5. The van der Waals surface area contributed by atoms with Crippen LogP contribution in [0.3, 0.4) is 0 Å². The molecule has 1 saturated heterocycles. The number of rotatable bonds is 4. The summed E-state index contributed by atoms with van der Waals surface area (Å²) in [6, 6.07) is 10.7. The first-order chi connectivity index (χ1) is 13.2. The van der Waals surface area contributed by atoms with E-state index in [-0.39, 0.29) is 0 Å². The molecule has 3 heterocycles. The second kappa shape index (κ2) is 7.71. The van der Waals surface area contributed by atoms with Crippen LogP contribution in [0.4, 0.5) is 0 Å². The van der Waals surface area contributed by atoms with E-state index >= 15 is 0 Å². The highest BCUT2D eigenvalue weighted by Crippen LogP contribution is 2.30. The second-order valence-electron chi connectivity index (χ2n) is 7.40. The maximum atomic E-state index is 5.44. The molecule has 5 heteroatoms. The highest BCUT2D eigenvalue weighted by Gasteiger charge is 2.18. The van der Waals surface area contributed by atoms with Gasteiger partial charge in [-0.25, -0.2) is 4.98 Å². The maximum absolute atomic E-state index is 5.44. The van der Waals surface area contributed by atoms with Gasteiger partial charge < -0.3 is 14.5 Å². The molecule has 0 amide bonds. The fourth-order valence-corrected chi connectivity index (χ4v) is 3.88. The van der Waals surface area contributed by atoms with E-state index < -0.39 is 0 Å². The maximum Gasteiger partial charge on any atom is 0.137 e. The fraction of sp³-hybridized carbons (Fsp3) is 0.409. The van der Waals surface area contributed by atoms with Crippen molar-refractivity contribution in [3.8, 4) is 17.0 Å². The van der Waals surface area contributed by atoms with Crippen molar-refractivity contribution in [1.29, 1.82) is 0 Å². The van der Waals surface area contributed by atoms with Crippen LogP contribution >= 0.6 is 0 Å². The zero-order valence-electron chi connectivity index (χ0n) is 16.5. The third-order valence-corrected chi connectivity index (χ3v) is 5.35. The molecule has 2 aromatic heterocycles. The number of benzene rings is 1. The summed E-state index contributed by atoms with van der Waals surface area (Å²) in [6.07, 6.45) is 3.34. The first-order valence-corrected chi connectivity index (χ1v) is 9.71. The van der Waals surface area contributed by atoms with Crippen LogP contribution in [0.5, 0.6) is 5.75 Å². The number of imidazole rings is 1. The van der Waals surface area contributed by atoms with E-state index in [0.717, 1.165) is 60.9 Å². The van der Waals surface area contributed by atoms with Crippen molar-refractivity contribution in [2.24, 2.45) is 0 Å². The quantitative estimate of drug-likeness (QED) is 0.770. The van der Waals surface area contributed by atoms with Crippen LogP contribution in [0, 0.1) is 13.8 Å². The van der Waals surface area contributed by atoms with Crippen molar-refractivity contribution >= 4 is 5.65 Å². The average Bonchev–Trinajstić information content (AvgIpc) is 2.82. The van der Waals surface area contributed by atoms with E-state index in [4.69, 9.17) is 9.72 Å². The lowest BCUT2D eigenvalue weighted by molar-refractivity contribution is 0.281. The molecule has 4 rings (SSSR count). The van der Waals surface area contributed by atoms with E-state index in [1.807, 2.05) is 6.07 Å². The molecule has 0 spiro atoms. The standard InChI is InChI=1S/C22H28N4O/c1-16-7-11-26-19(15-25-10-4-8-23-9-12-25)22(24-21(26)13-16)18-5-6-20(27-3)17(2)14-18/h5-7,11,13-14,23H,4,8-10,12,15H2,1-3H3. The van der Waals surface area contributed by atoms with Gasteiger partial charge in [-0.05, 0) is 74.8 Å². The monoisotopic (exact) mass is 364 g/mol. The Bertz CT molecular complexity index is 939. The fourth-order valence-electron chi connectivity index (χ4n) is 3.88. The minimum atomic E-state index is 0.909. The van der Waals surface area contributed by atoms with E-state index in [1.54, 1.807) is 7.11 Å². The van der Waals surface area contributed by atoms with Crippen LogP contribution in [0.15, 0.2) is 36.5 Å². The summed E-state index contributed by atoms with van der Waals surface area (Å²) in [7, 11) is 1.72. The Kier molecular flexibility index (Phi) is 5.14. The van der Waals surface area contributed by atoms with Crippen molar-refractivity contribution in [2.75, 3.05) is 33.3 Å². The van der Waals surface area contributed by atoms with Crippen LogP contribution in [0.1, 0.15) is 23.2 Å². The molecular formula is C22H28N4O. The molecule has 1 N–H and O–H groups in total. The number of nitrogens with one attached hydrogen (secondary N) is 1. The minimum absolute atomic E-state index is 0.909. The predicted octanol–water partition coefficient (Wildman–Crippen LogP) is 3.42. The van der Waals surface area contributed by atoms with Crippen LogP contribution < -0.4 is 10.1 Å². The van der Waals surface area contributed by atoms with E-state index in [9.17, 15) is 0 Å². The van der Waals surface area contributed by atoms with Gasteiger partial charge in [0.2, 0.25) is 0 Å². The molecule has 0 saturated carbocycles. The third kappa shape index (κ3) is 3.70. The average molecular weight is 364 g/mol. The number of nitrogens with zero attached hydrogens (tertiary/aromatic N) is 3. The Hall–Kier alpha value is -2.37. The van der Waals surface area contributed by atoms with Gasteiger partial charge in [0.1, 0.15) is 11.4 Å². The summed E-state index contributed by atoms with van der Waals surface area (Å²) >= 11 is 0. The van der Waals surface area contributed by atoms with Crippen molar-refractivity contribution in [3.05, 3.63) is 53.3 Å². The summed E-state index contributed by atoms with van der Waals surface area (Å²) in [6.45, 7) is 9.45. The molecule has 0 aliphatic carbocycles. The lowest BCUT2D eigenvalue weighted by Gasteiger charge is -2.20. The number of aromatic nitrogens is 2. The first kappa shape index (κ1) is 18.0. The number of aryl methyl sites for hydroxylation is 2. The summed E-state index contributed by atoms with van der Waals surface area (Å²) in [5, 5.41) is 3.49. The van der Waals surface area contributed by atoms with Gasteiger partial charge >= 0.3 is 0 Å². The van der Waals surface area contributed by atoms with Crippen molar-refractivity contribution < 1.29 is 4.74 Å². The van der Waals surface area contributed by atoms with Gasteiger partial charge in [-0.15, -0.1) is 0 Å². The molecule has 0 radical (unpaired) electrons. The van der Waals surface area contributed by atoms with Crippen molar-refractivity contribution in [3.63, 3.8) is 0 Å². The van der Waals surface area contributed by atoms with Crippen LogP contribution in [-0.4, -0.2) is 47.6 Å². The smallest absolute Gasteiger partial charge is 0.137 e. The molecule has 3 aromatic rings. The lowest BCUT2D eigenvalue weighted by Crippen LogP contribution is -2.28. The van der Waals surface area contributed by atoms with Crippen molar-refractivity contribution in [1.82, 2.24) is 19.6 Å². The van der Waals surface area contributed by atoms with Gasteiger partial charge in [-0.3, -0.25) is 4.90 Å². The van der Waals surface area contributed by atoms with Gasteiger partial charge in [-0.2, -0.15) is 0 Å².